The molecule has 6 heteroatoms. The van der Waals surface area contributed by atoms with E-state index in [1.165, 1.54) is 24.2 Å². The summed E-state index contributed by atoms with van der Waals surface area (Å²) in [6.07, 6.45) is 4.41. The predicted molar refractivity (Wildman–Crippen MR) is 105 cm³/mol. The molecule has 1 saturated heterocycles. The number of pyridine rings is 1. The zero-order chi connectivity index (χ0) is 17.6. The van der Waals surface area contributed by atoms with Gasteiger partial charge in [-0.3, -0.25) is 9.36 Å². The van der Waals surface area contributed by atoms with Crippen molar-refractivity contribution >= 4 is 37.7 Å². The highest BCUT2D eigenvalue weighted by Crippen LogP contribution is 2.33. The fourth-order valence-corrected chi connectivity index (χ4v) is 4.91. The summed E-state index contributed by atoms with van der Waals surface area (Å²) in [5.41, 5.74) is 3.08. The molecule has 0 unspecified atom stereocenters. The second-order valence-corrected chi connectivity index (χ2v) is 7.96. The van der Waals surface area contributed by atoms with E-state index in [0.717, 1.165) is 70.1 Å². The molecule has 3 aromatic rings. The van der Waals surface area contributed by atoms with Crippen molar-refractivity contribution in [2.24, 2.45) is 0 Å². The first-order chi connectivity index (χ1) is 12.1. The molecule has 0 N–H and O–H groups in total. The summed E-state index contributed by atoms with van der Waals surface area (Å²) in [4.78, 5) is 26.1. The van der Waals surface area contributed by atoms with E-state index in [1.807, 2.05) is 11.5 Å². The van der Waals surface area contributed by atoms with Crippen molar-refractivity contribution in [3.05, 3.63) is 27.7 Å². The van der Waals surface area contributed by atoms with Crippen LogP contribution < -0.4 is 10.5 Å². The number of unbranched alkanes of at least 4 members (excludes halogenated alkanes) is 1. The number of nitrogens with zero attached hydrogens (tertiary/aromatic N) is 4. The first-order valence-electron chi connectivity index (χ1n) is 9.16. The number of thiophene rings is 1. The molecule has 1 fully saturated rings. The third-order valence-electron chi connectivity index (χ3n) is 4.98. The lowest BCUT2D eigenvalue weighted by Gasteiger charge is -2.21. The smallest absolute Gasteiger partial charge is 0.272 e. The standard InChI is InChI=1S/C19H24N4OS/c1-4-5-10-23-18(24)16-15(21-19(23)22-8-6-7-9-22)14-12(2)11-13(3)20-17(14)25-16/h11H,4-10H2,1-3H3. The van der Waals surface area contributed by atoms with Gasteiger partial charge < -0.3 is 4.90 Å². The van der Waals surface area contributed by atoms with Crippen LogP contribution in [-0.2, 0) is 6.54 Å². The van der Waals surface area contributed by atoms with Gasteiger partial charge in [0, 0.05) is 30.7 Å². The molecule has 0 aliphatic carbocycles. The summed E-state index contributed by atoms with van der Waals surface area (Å²) < 4.78 is 2.64. The lowest BCUT2D eigenvalue weighted by atomic mass is 10.1. The highest BCUT2D eigenvalue weighted by molar-refractivity contribution is 7.25. The van der Waals surface area contributed by atoms with Crippen LogP contribution in [0.15, 0.2) is 10.9 Å². The quantitative estimate of drug-likeness (QED) is 0.708. The topological polar surface area (TPSA) is 51.0 Å². The van der Waals surface area contributed by atoms with E-state index in [0.29, 0.717) is 0 Å². The van der Waals surface area contributed by atoms with E-state index in [1.54, 1.807) is 0 Å². The van der Waals surface area contributed by atoms with Crippen molar-refractivity contribution in [1.82, 2.24) is 14.5 Å². The Kier molecular flexibility index (Phi) is 4.23. The summed E-state index contributed by atoms with van der Waals surface area (Å²) in [6, 6.07) is 2.08. The Hall–Kier alpha value is -1.95. The Labute approximate surface area is 151 Å². The van der Waals surface area contributed by atoms with Crippen molar-refractivity contribution in [2.45, 2.75) is 53.0 Å². The van der Waals surface area contributed by atoms with Crippen molar-refractivity contribution in [3.63, 3.8) is 0 Å². The van der Waals surface area contributed by atoms with Crippen molar-refractivity contribution < 1.29 is 0 Å². The molecule has 0 atom stereocenters. The fourth-order valence-electron chi connectivity index (χ4n) is 3.72. The number of fused-ring (bicyclic) bond motifs is 3. The first kappa shape index (κ1) is 16.5. The Morgan fingerprint density at radius 2 is 1.96 bits per heavy atom. The van der Waals surface area contributed by atoms with E-state index in [-0.39, 0.29) is 5.56 Å². The second-order valence-electron chi connectivity index (χ2n) is 6.96. The van der Waals surface area contributed by atoms with Gasteiger partial charge in [0.25, 0.3) is 5.56 Å². The minimum Gasteiger partial charge on any atom is -0.342 e. The fraction of sp³-hybridized carbons (Fsp3) is 0.526. The van der Waals surface area contributed by atoms with Crippen LogP contribution in [0.1, 0.15) is 43.9 Å². The minimum atomic E-state index is 0.0976. The molecule has 1 aliphatic heterocycles. The normalized spacial score (nSPS) is 14.9. The molecule has 132 valence electrons. The molecule has 25 heavy (non-hydrogen) atoms. The third kappa shape index (κ3) is 2.72. The van der Waals surface area contributed by atoms with Gasteiger partial charge in [-0.25, -0.2) is 9.97 Å². The van der Waals surface area contributed by atoms with E-state index in [9.17, 15) is 4.79 Å². The number of rotatable bonds is 4. The Bertz CT molecular complexity index is 998. The molecule has 0 bridgehead atoms. The van der Waals surface area contributed by atoms with Gasteiger partial charge in [-0.1, -0.05) is 13.3 Å². The van der Waals surface area contributed by atoms with Crippen LogP contribution in [-0.4, -0.2) is 27.6 Å². The molecule has 0 saturated carbocycles. The van der Waals surface area contributed by atoms with E-state index >= 15 is 0 Å². The highest BCUT2D eigenvalue weighted by Gasteiger charge is 2.23. The molecule has 0 amide bonds. The largest absolute Gasteiger partial charge is 0.342 e. The maximum absolute atomic E-state index is 13.3. The van der Waals surface area contributed by atoms with Gasteiger partial charge in [-0.15, -0.1) is 11.3 Å². The average molecular weight is 356 g/mol. The maximum atomic E-state index is 13.3. The second kappa shape index (κ2) is 6.41. The summed E-state index contributed by atoms with van der Waals surface area (Å²) in [5, 5.41) is 1.05. The van der Waals surface area contributed by atoms with Crippen molar-refractivity contribution in [1.29, 1.82) is 0 Å². The third-order valence-corrected chi connectivity index (χ3v) is 6.04. The van der Waals surface area contributed by atoms with Crippen LogP contribution >= 0.6 is 11.3 Å². The summed E-state index contributed by atoms with van der Waals surface area (Å²) in [5.74, 6) is 0.850. The van der Waals surface area contributed by atoms with Gasteiger partial charge in [0.05, 0.1) is 0 Å². The summed E-state index contributed by atoms with van der Waals surface area (Å²) in [6.45, 7) is 8.96. The molecule has 5 nitrogen and oxygen atoms in total. The highest BCUT2D eigenvalue weighted by atomic mass is 32.1. The molecule has 4 heterocycles. The first-order valence-corrected chi connectivity index (χ1v) is 9.98. The predicted octanol–water partition coefficient (Wildman–Crippen LogP) is 4.02. The van der Waals surface area contributed by atoms with Crippen LogP contribution in [0.4, 0.5) is 5.95 Å². The molecule has 4 rings (SSSR count). The van der Waals surface area contributed by atoms with Gasteiger partial charge in [0.15, 0.2) is 0 Å². The van der Waals surface area contributed by atoms with Gasteiger partial charge in [0.2, 0.25) is 5.95 Å². The van der Waals surface area contributed by atoms with E-state index < -0.39 is 0 Å². The molecule has 0 aromatic carbocycles. The Balaban J connectivity index is 2.03. The van der Waals surface area contributed by atoms with Gasteiger partial charge in [-0.2, -0.15) is 0 Å². The zero-order valence-corrected chi connectivity index (χ0v) is 15.9. The average Bonchev–Trinajstić information content (AvgIpc) is 3.21. The monoisotopic (exact) mass is 356 g/mol. The molecule has 0 radical (unpaired) electrons. The molecular weight excluding hydrogens is 332 g/mol. The van der Waals surface area contributed by atoms with Crippen LogP contribution in [0.25, 0.3) is 20.4 Å². The van der Waals surface area contributed by atoms with Gasteiger partial charge in [0.1, 0.15) is 15.0 Å². The van der Waals surface area contributed by atoms with E-state index in [4.69, 9.17) is 4.98 Å². The van der Waals surface area contributed by atoms with Crippen LogP contribution in [0.3, 0.4) is 0 Å². The van der Waals surface area contributed by atoms with Crippen molar-refractivity contribution in [3.8, 4) is 0 Å². The van der Waals surface area contributed by atoms with Crippen LogP contribution in [0.5, 0.6) is 0 Å². The van der Waals surface area contributed by atoms with Crippen LogP contribution in [0, 0.1) is 13.8 Å². The van der Waals surface area contributed by atoms with Gasteiger partial charge >= 0.3 is 0 Å². The van der Waals surface area contributed by atoms with Crippen molar-refractivity contribution in [2.75, 3.05) is 18.0 Å². The summed E-state index contributed by atoms with van der Waals surface area (Å²) in [7, 11) is 0. The number of aromatic nitrogens is 3. The van der Waals surface area contributed by atoms with Gasteiger partial charge in [-0.05, 0) is 44.7 Å². The lowest BCUT2D eigenvalue weighted by Crippen LogP contribution is -2.31. The molecule has 3 aromatic heterocycles. The molecule has 1 aliphatic rings. The zero-order valence-electron chi connectivity index (χ0n) is 15.1. The molecular formula is C19H24N4OS. The minimum absolute atomic E-state index is 0.0976. The number of hydrogen-bond acceptors (Lipinski definition) is 5. The lowest BCUT2D eigenvalue weighted by molar-refractivity contribution is 0.602. The molecule has 0 spiro atoms. The Morgan fingerprint density at radius 3 is 2.68 bits per heavy atom. The SMILES string of the molecule is CCCCn1c(N2CCCC2)nc2c(sc3nc(C)cc(C)c32)c1=O. The van der Waals surface area contributed by atoms with E-state index in [2.05, 4.69) is 29.8 Å². The number of aryl methyl sites for hydroxylation is 2. The number of anilines is 1. The number of hydrogen-bond donors (Lipinski definition) is 0. The maximum Gasteiger partial charge on any atom is 0.272 e. The Morgan fingerprint density at radius 1 is 1.20 bits per heavy atom. The summed E-state index contributed by atoms with van der Waals surface area (Å²) >= 11 is 1.49. The van der Waals surface area contributed by atoms with Crippen LogP contribution in [0.2, 0.25) is 0 Å².